The van der Waals surface area contributed by atoms with Gasteiger partial charge < -0.3 is 9.42 Å². The van der Waals surface area contributed by atoms with E-state index in [1.165, 1.54) is 0 Å². The van der Waals surface area contributed by atoms with Gasteiger partial charge in [0.05, 0.1) is 0 Å². The second kappa shape index (κ2) is 6.96. The Kier molecular flexibility index (Phi) is 4.76. The highest BCUT2D eigenvalue weighted by Gasteiger charge is 2.30. The molecule has 0 aliphatic carbocycles. The van der Waals surface area contributed by atoms with Crippen molar-refractivity contribution in [2.24, 2.45) is 0 Å². The number of piperidine rings is 1. The summed E-state index contributed by atoms with van der Waals surface area (Å²) < 4.78 is 5.27. The first kappa shape index (κ1) is 15.7. The van der Waals surface area contributed by atoms with Crippen molar-refractivity contribution in [3.05, 3.63) is 52.6 Å². The third kappa shape index (κ3) is 3.79. The molecule has 1 aliphatic heterocycles. The molecule has 1 atom stereocenters. The molecule has 6 heteroatoms. The summed E-state index contributed by atoms with van der Waals surface area (Å²) in [6.45, 7) is 2.48. The number of hydrogen-bond acceptors (Lipinski definition) is 4. The lowest BCUT2D eigenvalue weighted by molar-refractivity contribution is -0.130. The predicted molar refractivity (Wildman–Crippen MR) is 87.8 cm³/mol. The molecule has 2 heterocycles. The molecule has 3 rings (SSSR count). The molecule has 5 nitrogen and oxygen atoms in total. The van der Waals surface area contributed by atoms with E-state index in [2.05, 4.69) is 10.1 Å². The van der Waals surface area contributed by atoms with E-state index in [0.29, 0.717) is 23.3 Å². The van der Waals surface area contributed by atoms with Gasteiger partial charge in [-0.3, -0.25) is 4.79 Å². The first-order chi connectivity index (χ1) is 11.1. The van der Waals surface area contributed by atoms with Gasteiger partial charge in [0.1, 0.15) is 6.04 Å². The lowest BCUT2D eigenvalue weighted by atomic mass is 10.0. The van der Waals surface area contributed by atoms with Crippen molar-refractivity contribution in [3.8, 4) is 0 Å². The van der Waals surface area contributed by atoms with Gasteiger partial charge in [0.15, 0.2) is 5.82 Å². The second-order valence-corrected chi connectivity index (χ2v) is 6.04. The lowest BCUT2D eigenvalue weighted by Gasteiger charge is -2.32. The molecule has 1 amide bonds. The average Bonchev–Trinajstić information content (AvgIpc) is 3.00. The van der Waals surface area contributed by atoms with Crippen molar-refractivity contribution in [2.45, 2.75) is 32.2 Å². The van der Waals surface area contributed by atoms with E-state index in [-0.39, 0.29) is 11.9 Å². The van der Waals surface area contributed by atoms with Crippen LogP contribution < -0.4 is 0 Å². The van der Waals surface area contributed by atoms with Crippen LogP contribution in [0.3, 0.4) is 0 Å². The molecule has 1 saturated heterocycles. The fourth-order valence-corrected chi connectivity index (χ4v) is 2.86. The van der Waals surface area contributed by atoms with Gasteiger partial charge in [0.2, 0.25) is 11.8 Å². The molecule has 0 saturated carbocycles. The van der Waals surface area contributed by atoms with E-state index in [4.69, 9.17) is 16.1 Å². The summed E-state index contributed by atoms with van der Waals surface area (Å²) in [5.41, 5.74) is 0.935. The lowest BCUT2D eigenvalue weighted by Crippen LogP contribution is -2.37. The molecule has 0 spiro atoms. The smallest absolute Gasteiger partial charge is 0.249 e. The maximum Gasteiger partial charge on any atom is 0.249 e. The Morgan fingerprint density at radius 2 is 2.13 bits per heavy atom. The molecule has 1 aromatic heterocycles. The highest BCUT2D eigenvalue weighted by atomic mass is 35.5. The normalized spacial score (nSPS) is 18.5. The maximum atomic E-state index is 12.6. The quantitative estimate of drug-likeness (QED) is 0.803. The van der Waals surface area contributed by atoms with E-state index in [0.717, 1.165) is 24.8 Å². The van der Waals surface area contributed by atoms with Crippen LogP contribution in [0.15, 0.2) is 34.9 Å². The summed E-state index contributed by atoms with van der Waals surface area (Å²) in [5.74, 6) is 1.07. The number of rotatable bonds is 3. The number of carbonyl (C=O) groups is 1. The van der Waals surface area contributed by atoms with Crippen LogP contribution in [0, 0.1) is 6.92 Å². The molecule has 1 fully saturated rings. The molecule has 120 valence electrons. The Morgan fingerprint density at radius 3 is 2.83 bits per heavy atom. The van der Waals surface area contributed by atoms with Crippen molar-refractivity contribution in [3.63, 3.8) is 0 Å². The zero-order valence-electron chi connectivity index (χ0n) is 12.9. The van der Waals surface area contributed by atoms with Gasteiger partial charge in [0.25, 0.3) is 0 Å². The zero-order chi connectivity index (χ0) is 16.2. The minimum Gasteiger partial charge on any atom is -0.337 e. The highest BCUT2D eigenvalue weighted by Crippen LogP contribution is 2.30. The summed E-state index contributed by atoms with van der Waals surface area (Å²) in [5, 5.41) is 4.51. The largest absolute Gasteiger partial charge is 0.337 e. The molecule has 2 aromatic rings. The Bertz CT molecular complexity index is 709. The minimum atomic E-state index is -0.132. The van der Waals surface area contributed by atoms with Gasteiger partial charge >= 0.3 is 0 Å². The van der Waals surface area contributed by atoms with Gasteiger partial charge in [-0.1, -0.05) is 28.9 Å². The van der Waals surface area contributed by atoms with Crippen molar-refractivity contribution >= 4 is 23.6 Å². The summed E-state index contributed by atoms with van der Waals surface area (Å²) in [4.78, 5) is 18.6. The zero-order valence-corrected chi connectivity index (χ0v) is 13.7. The molecular weight excluding hydrogens is 314 g/mol. The molecule has 23 heavy (non-hydrogen) atoms. The number of amides is 1. The van der Waals surface area contributed by atoms with Crippen molar-refractivity contribution in [1.29, 1.82) is 0 Å². The van der Waals surface area contributed by atoms with E-state index in [9.17, 15) is 4.79 Å². The van der Waals surface area contributed by atoms with E-state index in [1.54, 1.807) is 31.2 Å². The van der Waals surface area contributed by atoms with Crippen LogP contribution in [0.2, 0.25) is 5.02 Å². The Hall–Kier alpha value is -2.14. The third-order valence-electron chi connectivity index (χ3n) is 3.90. The number of aromatic nitrogens is 2. The van der Waals surface area contributed by atoms with Crippen LogP contribution >= 0.6 is 11.6 Å². The van der Waals surface area contributed by atoms with Gasteiger partial charge in [-0.25, -0.2) is 0 Å². The average molecular weight is 332 g/mol. The van der Waals surface area contributed by atoms with E-state index in [1.807, 2.05) is 17.0 Å². The van der Waals surface area contributed by atoms with Crippen molar-refractivity contribution in [1.82, 2.24) is 15.0 Å². The van der Waals surface area contributed by atoms with Crippen LogP contribution in [0.1, 0.15) is 42.6 Å². The fraction of sp³-hybridized carbons (Fsp3) is 0.353. The SMILES string of the molecule is Cc1noc([C@H]2CCCCN2C(=O)/C=C/c2ccc(Cl)cc2)n1. The third-order valence-corrected chi connectivity index (χ3v) is 4.15. The van der Waals surface area contributed by atoms with Gasteiger partial charge in [-0.05, 0) is 50.0 Å². The van der Waals surface area contributed by atoms with Gasteiger partial charge in [-0.2, -0.15) is 4.98 Å². The number of benzene rings is 1. The number of nitrogens with zero attached hydrogens (tertiary/aromatic N) is 3. The number of likely N-dealkylation sites (tertiary alicyclic amines) is 1. The molecule has 0 unspecified atom stereocenters. The summed E-state index contributed by atoms with van der Waals surface area (Å²) >= 11 is 5.86. The van der Waals surface area contributed by atoms with E-state index < -0.39 is 0 Å². The standard InChI is InChI=1S/C17H18ClN3O2/c1-12-19-17(23-20-12)15-4-2-3-11-21(15)16(22)10-7-13-5-8-14(18)9-6-13/h5-10,15H,2-4,11H2,1H3/b10-7+/t15-/m1/s1. The molecular formula is C17H18ClN3O2. The molecule has 1 aliphatic rings. The number of carbonyl (C=O) groups excluding carboxylic acids is 1. The Labute approximate surface area is 139 Å². The second-order valence-electron chi connectivity index (χ2n) is 5.61. The van der Waals surface area contributed by atoms with Crippen molar-refractivity contribution in [2.75, 3.05) is 6.54 Å². The van der Waals surface area contributed by atoms with Crippen LogP contribution in [0.4, 0.5) is 0 Å². The van der Waals surface area contributed by atoms with Crippen LogP contribution in [0.5, 0.6) is 0 Å². The summed E-state index contributed by atoms with van der Waals surface area (Å²) in [6.07, 6.45) is 6.28. The number of halogens is 1. The minimum absolute atomic E-state index is 0.0412. The summed E-state index contributed by atoms with van der Waals surface area (Å²) in [7, 11) is 0. The molecule has 0 bridgehead atoms. The Balaban J connectivity index is 1.74. The highest BCUT2D eigenvalue weighted by molar-refractivity contribution is 6.30. The van der Waals surface area contributed by atoms with Gasteiger partial charge in [-0.15, -0.1) is 0 Å². The van der Waals surface area contributed by atoms with E-state index >= 15 is 0 Å². The van der Waals surface area contributed by atoms with Crippen molar-refractivity contribution < 1.29 is 9.32 Å². The van der Waals surface area contributed by atoms with Gasteiger partial charge in [0, 0.05) is 17.6 Å². The Morgan fingerprint density at radius 1 is 1.35 bits per heavy atom. The first-order valence-corrected chi connectivity index (χ1v) is 8.06. The van der Waals surface area contributed by atoms with Crippen LogP contribution in [-0.4, -0.2) is 27.5 Å². The predicted octanol–water partition coefficient (Wildman–Crippen LogP) is 3.80. The maximum absolute atomic E-state index is 12.6. The van der Waals surface area contributed by atoms with Crippen LogP contribution in [-0.2, 0) is 4.79 Å². The first-order valence-electron chi connectivity index (χ1n) is 7.68. The monoisotopic (exact) mass is 331 g/mol. The topological polar surface area (TPSA) is 59.2 Å². The summed E-state index contributed by atoms with van der Waals surface area (Å²) in [6, 6.07) is 7.22. The van der Waals surface area contributed by atoms with Crippen LogP contribution in [0.25, 0.3) is 6.08 Å². The fourth-order valence-electron chi connectivity index (χ4n) is 2.74. The molecule has 0 radical (unpaired) electrons. The molecule has 1 aromatic carbocycles. The molecule has 0 N–H and O–H groups in total. The number of aryl methyl sites for hydroxylation is 1. The number of hydrogen-bond donors (Lipinski definition) is 0.